The first-order chi connectivity index (χ1) is 12.1. The number of carboxylic acid groups (broad SMARTS) is 1. The molecule has 0 radical (unpaired) electrons. The molecule has 25 heavy (non-hydrogen) atoms. The Morgan fingerprint density at radius 1 is 1.16 bits per heavy atom. The minimum Gasteiger partial charge on any atom is -0.481 e. The van der Waals surface area contributed by atoms with Gasteiger partial charge in [0.25, 0.3) is 0 Å². The molecule has 0 amide bonds. The summed E-state index contributed by atoms with van der Waals surface area (Å²) in [5.74, 6) is -0.779. The third kappa shape index (κ3) is 3.04. The Balaban J connectivity index is 1.85. The number of pyridine rings is 1. The largest absolute Gasteiger partial charge is 0.481 e. The van der Waals surface area contributed by atoms with Gasteiger partial charge < -0.3 is 9.51 Å². The summed E-state index contributed by atoms with van der Waals surface area (Å²) >= 11 is 0. The maximum absolute atomic E-state index is 11.1. The van der Waals surface area contributed by atoms with Crippen molar-refractivity contribution in [2.75, 3.05) is 0 Å². The topological polar surface area (TPSA) is 54.6 Å². The Bertz CT molecular complexity index is 956. The molecule has 0 unspecified atom stereocenters. The summed E-state index contributed by atoms with van der Waals surface area (Å²) in [5, 5.41) is 9.13. The number of carbonyl (C=O) groups is 1. The molecule has 0 aliphatic heterocycles. The normalized spacial score (nSPS) is 13.8. The molecule has 0 saturated heterocycles. The summed E-state index contributed by atoms with van der Waals surface area (Å²) in [6.07, 6.45) is 7.43. The summed E-state index contributed by atoms with van der Waals surface area (Å²) in [7, 11) is 0. The zero-order chi connectivity index (χ0) is 17.4. The van der Waals surface area contributed by atoms with E-state index in [0.29, 0.717) is 6.42 Å². The standard InChI is InChI=1S/C21H22N2O2/c1-14-6-10-19-22-21(18(23(19)13-14)9-11-20(24)25)17-8-7-15-4-2-3-5-16(15)12-17/h6-8,10,12-13H,2-5,9,11H2,1H3,(H,24,25). The van der Waals surface area contributed by atoms with Gasteiger partial charge in [0.15, 0.2) is 0 Å². The monoisotopic (exact) mass is 334 g/mol. The molecule has 0 bridgehead atoms. The van der Waals surface area contributed by atoms with E-state index in [1.54, 1.807) is 0 Å². The quantitative estimate of drug-likeness (QED) is 0.778. The number of carboxylic acids is 1. The molecule has 128 valence electrons. The Kier molecular flexibility index (Phi) is 4.04. The van der Waals surface area contributed by atoms with Gasteiger partial charge in [0.05, 0.1) is 17.8 Å². The fourth-order valence-electron chi connectivity index (χ4n) is 3.78. The lowest BCUT2D eigenvalue weighted by atomic mass is 9.89. The van der Waals surface area contributed by atoms with Crippen molar-refractivity contribution in [3.05, 3.63) is 58.9 Å². The molecule has 0 saturated carbocycles. The number of nitrogens with zero attached hydrogens (tertiary/aromatic N) is 2. The smallest absolute Gasteiger partial charge is 0.303 e. The number of aryl methyl sites for hydroxylation is 4. The minimum atomic E-state index is -0.779. The number of hydrogen-bond acceptors (Lipinski definition) is 2. The van der Waals surface area contributed by atoms with Crippen LogP contribution < -0.4 is 0 Å². The Morgan fingerprint density at radius 3 is 2.76 bits per heavy atom. The average Bonchev–Trinajstić information content (AvgIpc) is 2.97. The molecule has 0 atom stereocenters. The zero-order valence-electron chi connectivity index (χ0n) is 14.5. The molecular weight excluding hydrogens is 312 g/mol. The predicted molar refractivity (Wildman–Crippen MR) is 98.0 cm³/mol. The van der Waals surface area contributed by atoms with E-state index in [4.69, 9.17) is 10.1 Å². The van der Waals surface area contributed by atoms with Crippen molar-refractivity contribution in [1.29, 1.82) is 0 Å². The number of rotatable bonds is 4. The van der Waals surface area contributed by atoms with Crippen LogP contribution in [0.1, 0.15) is 41.6 Å². The zero-order valence-corrected chi connectivity index (χ0v) is 14.5. The fourth-order valence-corrected chi connectivity index (χ4v) is 3.78. The molecule has 2 aromatic heterocycles. The summed E-state index contributed by atoms with van der Waals surface area (Å²) in [5.41, 5.74) is 7.87. The van der Waals surface area contributed by atoms with E-state index in [9.17, 15) is 4.79 Å². The van der Waals surface area contributed by atoms with Gasteiger partial charge in [0, 0.05) is 18.2 Å². The molecule has 4 nitrogen and oxygen atoms in total. The first-order valence-electron chi connectivity index (χ1n) is 8.93. The predicted octanol–water partition coefficient (Wildman–Crippen LogP) is 4.21. The number of aromatic nitrogens is 2. The maximum Gasteiger partial charge on any atom is 0.303 e. The fraction of sp³-hybridized carbons (Fsp3) is 0.333. The van der Waals surface area contributed by atoms with Gasteiger partial charge in [-0.25, -0.2) is 4.98 Å². The SMILES string of the molecule is Cc1ccc2nc(-c3ccc4c(c3)CCCC4)c(CCC(=O)O)n2c1. The Hall–Kier alpha value is -2.62. The van der Waals surface area contributed by atoms with Crippen LogP contribution in [0.5, 0.6) is 0 Å². The molecular formula is C21H22N2O2. The third-order valence-electron chi connectivity index (χ3n) is 5.06. The highest BCUT2D eigenvalue weighted by molar-refractivity contribution is 5.71. The summed E-state index contributed by atoms with van der Waals surface area (Å²) in [6.45, 7) is 2.04. The van der Waals surface area contributed by atoms with Gasteiger partial charge in [-0.3, -0.25) is 4.79 Å². The number of hydrogen-bond donors (Lipinski definition) is 1. The lowest BCUT2D eigenvalue weighted by Crippen LogP contribution is -2.04. The van der Waals surface area contributed by atoms with E-state index in [2.05, 4.69) is 18.2 Å². The number of benzene rings is 1. The van der Waals surface area contributed by atoms with Gasteiger partial charge in [-0.2, -0.15) is 0 Å². The molecule has 2 heterocycles. The van der Waals surface area contributed by atoms with E-state index in [-0.39, 0.29) is 6.42 Å². The van der Waals surface area contributed by atoms with Gasteiger partial charge in [-0.05, 0) is 61.4 Å². The van der Waals surface area contributed by atoms with Crippen molar-refractivity contribution in [1.82, 2.24) is 9.38 Å². The van der Waals surface area contributed by atoms with Crippen molar-refractivity contribution in [3.63, 3.8) is 0 Å². The molecule has 1 aromatic carbocycles. The lowest BCUT2D eigenvalue weighted by Gasteiger charge is -2.16. The molecule has 0 fully saturated rings. The van der Waals surface area contributed by atoms with Crippen molar-refractivity contribution < 1.29 is 9.90 Å². The van der Waals surface area contributed by atoms with Crippen molar-refractivity contribution in [2.45, 2.75) is 45.4 Å². The number of aliphatic carboxylic acids is 1. The van der Waals surface area contributed by atoms with Crippen LogP contribution in [0.2, 0.25) is 0 Å². The third-order valence-corrected chi connectivity index (χ3v) is 5.06. The molecule has 4 rings (SSSR count). The van der Waals surface area contributed by atoms with Gasteiger partial charge in [-0.1, -0.05) is 18.2 Å². The first-order valence-corrected chi connectivity index (χ1v) is 8.93. The van der Waals surface area contributed by atoms with Crippen LogP contribution in [0.25, 0.3) is 16.9 Å². The van der Waals surface area contributed by atoms with E-state index in [1.807, 2.05) is 29.7 Å². The van der Waals surface area contributed by atoms with E-state index in [1.165, 1.54) is 24.0 Å². The Labute approximate surface area is 147 Å². The van der Waals surface area contributed by atoms with Crippen LogP contribution >= 0.6 is 0 Å². The van der Waals surface area contributed by atoms with Crippen molar-refractivity contribution in [2.24, 2.45) is 0 Å². The van der Waals surface area contributed by atoms with Crippen molar-refractivity contribution >= 4 is 11.6 Å². The Morgan fingerprint density at radius 2 is 1.96 bits per heavy atom. The highest BCUT2D eigenvalue weighted by Gasteiger charge is 2.17. The summed E-state index contributed by atoms with van der Waals surface area (Å²) in [6, 6.07) is 10.7. The highest BCUT2D eigenvalue weighted by Crippen LogP contribution is 2.30. The second kappa shape index (κ2) is 6.36. The van der Waals surface area contributed by atoms with Crippen LogP contribution in [0, 0.1) is 6.92 Å². The number of fused-ring (bicyclic) bond motifs is 2. The number of imidazole rings is 1. The van der Waals surface area contributed by atoms with E-state index in [0.717, 1.165) is 41.0 Å². The molecule has 1 N–H and O–H groups in total. The van der Waals surface area contributed by atoms with E-state index < -0.39 is 5.97 Å². The summed E-state index contributed by atoms with van der Waals surface area (Å²) < 4.78 is 2.05. The van der Waals surface area contributed by atoms with Crippen LogP contribution in [0.15, 0.2) is 36.5 Å². The average molecular weight is 334 g/mol. The van der Waals surface area contributed by atoms with Crippen molar-refractivity contribution in [3.8, 4) is 11.3 Å². The van der Waals surface area contributed by atoms with Gasteiger partial charge in [0.1, 0.15) is 5.65 Å². The maximum atomic E-state index is 11.1. The lowest BCUT2D eigenvalue weighted by molar-refractivity contribution is -0.136. The van der Waals surface area contributed by atoms with Crippen LogP contribution in [0.4, 0.5) is 0 Å². The van der Waals surface area contributed by atoms with Crippen LogP contribution in [-0.4, -0.2) is 20.5 Å². The van der Waals surface area contributed by atoms with Gasteiger partial charge >= 0.3 is 5.97 Å². The first kappa shape index (κ1) is 15.9. The van der Waals surface area contributed by atoms with E-state index >= 15 is 0 Å². The molecule has 3 aromatic rings. The molecule has 0 spiro atoms. The van der Waals surface area contributed by atoms with Crippen LogP contribution in [-0.2, 0) is 24.1 Å². The molecule has 1 aliphatic carbocycles. The highest BCUT2D eigenvalue weighted by atomic mass is 16.4. The summed E-state index contributed by atoms with van der Waals surface area (Å²) in [4.78, 5) is 15.9. The second-order valence-electron chi connectivity index (χ2n) is 6.93. The van der Waals surface area contributed by atoms with Gasteiger partial charge in [-0.15, -0.1) is 0 Å². The second-order valence-corrected chi connectivity index (χ2v) is 6.93. The molecule has 4 heteroatoms. The van der Waals surface area contributed by atoms with Gasteiger partial charge in [0.2, 0.25) is 0 Å². The minimum absolute atomic E-state index is 0.111. The molecule has 1 aliphatic rings. The van der Waals surface area contributed by atoms with Crippen LogP contribution in [0.3, 0.4) is 0 Å².